The highest BCUT2D eigenvalue weighted by Gasteiger charge is 2.32. The summed E-state index contributed by atoms with van der Waals surface area (Å²) in [7, 11) is 5.86. The number of imidazole rings is 1. The van der Waals surface area contributed by atoms with Crippen LogP contribution in [-0.2, 0) is 7.05 Å². The van der Waals surface area contributed by atoms with Crippen LogP contribution < -0.4 is 10.4 Å². The number of aryl methyl sites for hydroxylation is 1. The van der Waals surface area contributed by atoms with Crippen LogP contribution in [0.2, 0.25) is 0 Å². The van der Waals surface area contributed by atoms with Crippen molar-refractivity contribution in [2.45, 2.75) is 31.4 Å². The fourth-order valence-corrected chi connectivity index (χ4v) is 4.51. The van der Waals surface area contributed by atoms with Crippen LogP contribution >= 0.6 is 0 Å². The maximum atomic E-state index is 13.0. The first-order chi connectivity index (χ1) is 15.9. The molecule has 1 saturated carbocycles. The molecule has 0 atom stereocenters. The molecule has 172 valence electrons. The lowest BCUT2D eigenvalue weighted by Crippen LogP contribution is -2.36. The van der Waals surface area contributed by atoms with E-state index in [1.165, 1.54) is 0 Å². The number of aromatic nitrogens is 4. The minimum absolute atomic E-state index is 0.0102. The first-order valence-corrected chi connectivity index (χ1v) is 11.3. The van der Waals surface area contributed by atoms with E-state index in [0.717, 1.165) is 46.0 Å². The molecule has 8 nitrogen and oxygen atoms in total. The number of nitrogens with zero attached hydrogens (tertiary/aromatic N) is 5. The van der Waals surface area contributed by atoms with Gasteiger partial charge in [0, 0.05) is 42.8 Å². The number of hydrogen-bond donors (Lipinski definition) is 1. The Hall–Kier alpha value is -3.23. The predicted molar refractivity (Wildman–Crippen MR) is 129 cm³/mol. The summed E-state index contributed by atoms with van der Waals surface area (Å²) in [5.74, 6) is 0.614. The Morgan fingerprint density at radius 3 is 2.61 bits per heavy atom. The zero-order valence-corrected chi connectivity index (χ0v) is 19.2. The van der Waals surface area contributed by atoms with Crippen molar-refractivity contribution in [2.24, 2.45) is 7.05 Å². The first-order valence-electron chi connectivity index (χ1n) is 11.3. The van der Waals surface area contributed by atoms with Gasteiger partial charge < -0.3 is 14.7 Å². The number of benzene rings is 1. The van der Waals surface area contributed by atoms with E-state index in [0.29, 0.717) is 25.3 Å². The molecule has 8 heteroatoms. The number of hydrogen-bond acceptors (Lipinski definition) is 6. The maximum absolute atomic E-state index is 13.0. The van der Waals surface area contributed by atoms with Gasteiger partial charge in [-0.3, -0.25) is 14.1 Å². The Morgan fingerprint density at radius 2 is 1.91 bits per heavy atom. The van der Waals surface area contributed by atoms with E-state index in [4.69, 9.17) is 4.74 Å². The average Bonchev–Trinajstić information content (AvgIpc) is 3.05. The van der Waals surface area contributed by atoms with Gasteiger partial charge in [-0.05, 0) is 57.1 Å². The largest absolute Gasteiger partial charge is 0.478 e. The highest BCUT2D eigenvalue weighted by Crippen LogP contribution is 2.36. The SMILES string of the molecule is CN(C)CCCOc1ccc(-c2ccc3ncc4c(c3c2)n([C@H]2C[C@@H](O)C2)c(=O)n4C)cn1. The molecule has 0 unspecified atom stereocenters. The summed E-state index contributed by atoms with van der Waals surface area (Å²) < 4.78 is 9.23. The summed E-state index contributed by atoms with van der Waals surface area (Å²) in [6.45, 7) is 1.60. The van der Waals surface area contributed by atoms with Gasteiger partial charge >= 0.3 is 5.69 Å². The second kappa shape index (κ2) is 8.61. The molecule has 0 aliphatic heterocycles. The lowest BCUT2D eigenvalue weighted by molar-refractivity contribution is 0.0487. The van der Waals surface area contributed by atoms with Crippen molar-refractivity contribution >= 4 is 21.9 Å². The molecule has 3 heterocycles. The molecule has 0 spiro atoms. The third kappa shape index (κ3) is 4.00. The van der Waals surface area contributed by atoms with E-state index in [-0.39, 0.29) is 17.8 Å². The molecule has 1 fully saturated rings. The summed E-state index contributed by atoms with van der Waals surface area (Å²) in [5.41, 5.74) is 4.40. The van der Waals surface area contributed by atoms with E-state index in [2.05, 4.69) is 20.9 Å². The van der Waals surface area contributed by atoms with Crippen LogP contribution in [0, 0.1) is 0 Å². The van der Waals surface area contributed by atoms with E-state index < -0.39 is 0 Å². The van der Waals surface area contributed by atoms with Crippen LogP contribution in [0.3, 0.4) is 0 Å². The first kappa shape index (κ1) is 21.6. The zero-order valence-electron chi connectivity index (χ0n) is 19.2. The van der Waals surface area contributed by atoms with E-state index >= 15 is 0 Å². The molecular formula is C25H29N5O3. The number of pyridine rings is 2. The molecule has 4 aromatic rings. The summed E-state index contributed by atoms with van der Waals surface area (Å²) in [5, 5.41) is 10.7. The Labute approximate surface area is 192 Å². The van der Waals surface area contributed by atoms with Crippen molar-refractivity contribution in [2.75, 3.05) is 27.2 Å². The van der Waals surface area contributed by atoms with Gasteiger partial charge in [0.2, 0.25) is 5.88 Å². The number of ether oxygens (including phenoxy) is 1. The second-order valence-corrected chi connectivity index (χ2v) is 9.11. The molecule has 0 saturated heterocycles. The smallest absolute Gasteiger partial charge is 0.329 e. The van der Waals surface area contributed by atoms with Crippen molar-refractivity contribution in [1.82, 2.24) is 24.0 Å². The summed E-state index contributed by atoms with van der Waals surface area (Å²) in [6, 6.07) is 9.98. The van der Waals surface area contributed by atoms with Crippen molar-refractivity contribution < 1.29 is 9.84 Å². The molecule has 5 rings (SSSR count). The van der Waals surface area contributed by atoms with Crippen LogP contribution in [-0.4, -0.2) is 62.5 Å². The standard InChI is InChI=1S/C25H29N5O3/c1-28(2)9-4-10-33-23-8-6-17(14-27-23)16-5-7-21-20(11-16)24-22(15-26-21)29(3)25(32)30(24)18-12-19(31)13-18/h5-8,11,14-15,18-19,31H,4,9-10,12-13H2,1-3H3/t18-,19+. The Balaban J connectivity index is 1.49. The predicted octanol–water partition coefficient (Wildman–Crippen LogP) is 2.98. The fourth-order valence-electron chi connectivity index (χ4n) is 4.51. The molecule has 1 aliphatic rings. The van der Waals surface area contributed by atoms with Crippen LogP contribution in [0.5, 0.6) is 5.88 Å². The molecule has 0 amide bonds. The van der Waals surface area contributed by atoms with Gasteiger partial charge in [0.1, 0.15) is 0 Å². The summed E-state index contributed by atoms with van der Waals surface area (Å²) in [4.78, 5) is 24.2. The van der Waals surface area contributed by atoms with E-state index in [9.17, 15) is 9.90 Å². The van der Waals surface area contributed by atoms with E-state index in [1.807, 2.05) is 49.1 Å². The van der Waals surface area contributed by atoms with Gasteiger partial charge in [0.15, 0.2) is 0 Å². The van der Waals surface area contributed by atoms with Crippen molar-refractivity contribution in [3.63, 3.8) is 0 Å². The number of aliphatic hydroxyl groups excluding tert-OH is 1. The number of aliphatic hydroxyl groups is 1. The normalized spacial score (nSPS) is 18.2. The summed E-state index contributed by atoms with van der Waals surface area (Å²) in [6.07, 6.45) is 5.38. The highest BCUT2D eigenvalue weighted by atomic mass is 16.5. The third-order valence-corrected chi connectivity index (χ3v) is 6.44. The minimum atomic E-state index is -0.337. The Kier molecular flexibility index (Phi) is 5.64. The lowest BCUT2D eigenvalue weighted by atomic mass is 9.89. The maximum Gasteiger partial charge on any atom is 0.329 e. The van der Waals surface area contributed by atoms with Crippen molar-refractivity contribution in [1.29, 1.82) is 0 Å². The molecular weight excluding hydrogens is 418 g/mol. The molecule has 3 aromatic heterocycles. The average molecular weight is 448 g/mol. The molecule has 0 bridgehead atoms. The third-order valence-electron chi connectivity index (χ3n) is 6.44. The van der Waals surface area contributed by atoms with Gasteiger partial charge in [-0.1, -0.05) is 6.07 Å². The molecule has 1 aromatic carbocycles. The number of rotatable bonds is 7. The Bertz CT molecular complexity index is 1350. The number of fused-ring (bicyclic) bond motifs is 3. The molecule has 33 heavy (non-hydrogen) atoms. The minimum Gasteiger partial charge on any atom is -0.478 e. The van der Waals surface area contributed by atoms with Gasteiger partial charge in [0.25, 0.3) is 0 Å². The van der Waals surface area contributed by atoms with Gasteiger partial charge in [0.05, 0.1) is 35.5 Å². The van der Waals surface area contributed by atoms with Gasteiger partial charge in [-0.2, -0.15) is 0 Å². The van der Waals surface area contributed by atoms with Crippen LogP contribution in [0.4, 0.5) is 0 Å². The highest BCUT2D eigenvalue weighted by molar-refractivity contribution is 6.04. The monoisotopic (exact) mass is 447 g/mol. The quantitative estimate of drug-likeness (QED) is 0.439. The van der Waals surface area contributed by atoms with Crippen LogP contribution in [0.25, 0.3) is 33.1 Å². The van der Waals surface area contributed by atoms with Crippen molar-refractivity contribution in [3.8, 4) is 17.0 Å². The van der Waals surface area contributed by atoms with Gasteiger partial charge in [-0.15, -0.1) is 0 Å². The zero-order chi connectivity index (χ0) is 23.1. The lowest BCUT2D eigenvalue weighted by Gasteiger charge is -2.32. The van der Waals surface area contributed by atoms with Crippen molar-refractivity contribution in [3.05, 3.63) is 53.2 Å². The molecule has 1 N–H and O–H groups in total. The van der Waals surface area contributed by atoms with Gasteiger partial charge in [-0.25, -0.2) is 9.78 Å². The van der Waals surface area contributed by atoms with Crippen LogP contribution in [0.1, 0.15) is 25.3 Å². The fraction of sp³-hybridized carbons (Fsp3) is 0.400. The topological polar surface area (TPSA) is 85.4 Å². The van der Waals surface area contributed by atoms with E-state index in [1.54, 1.807) is 17.8 Å². The summed E-state index contributed by atoms with van der Waals surface area (Å²) >= 11 is 0. The second-order valence-electron chi connectivity index (χ2n) is 9.11. The van der Waals surface area contributed by atoms with Crippen LogP contribution in [0.15, 0.2) is 47.5 Å². The Morgan fingerprint density at radius 1 is 1.12 bits per heavy atom. The molecule has 0 radical (unpaired) electrons. The molecule has 1 aliphatic carbocycles.